The molecule has 1 aliphatic rings. The number of nitrogens with zero attached hydrogens (tertiary/aromatic N) is 4. The molecule has 0 N–H and O–H groups in total. The van der Waals surface area contributed by atoms with Crippen LogP contribution in [0.4, 0.5) is 0 Å². The zero-order valence-electron chi connectivity index (χ0n) is 14.7. The Hall–Kier alpha value is -3.66. The molecule has 0 aliphatic carbocycles. The number of aromatic nitrogens is 2. The minimum atomic E-state index is -0.253. The van der Waals surface area contributed by atoms with Crippen molar-refractivity contribution in [3.8, 4) is 17.5 Å². The van der Waals surface area contributed by atoms with Crippen molar-refractivity contribution in [2.75, 3.05) is 13.7 Å². The van der Waals surface area contributed by atoms with Gasteiger partial charge in [-0.05, 0) is 24.3 Å². The van der Waals surface area contributed by atoms with Gasteiger partial charge in [0.05, 0.1) is 42.8 Å². The Balaban J connectivity index is 2.05. The zero-order valence-corrected chi connectivity index (χ0v) is 14.7. The van der Waals surface area contributed by atoms with E-state index in [1.54, 1.807) is 47.4 Å². The molecule has 7 heteroatoms. The maximum absolute atomic E-state index is 13.3. The van der Waals surface area contributed by atoms with Gasteiger partial charge in [0.2, 0.25) is 0 Å². The molecule has 2 aromatic carbocycles. The van der Waals surface area contributed by atoms with Crippen LogP contribution in [0, 0.1) is 11.3 Å². The van der Waals surface area contributed by atoms with Crippen molar-refractivity contribution in [1.82, 2.24) is 14.5 Å². The fourth-order valence-electron chi connectivity index (χ4n) is 3.37. The average molecular weight is 360 g/mol. The van der Waals surface area contributed by atoms with Crippen LogP contribution >= 0.6 is 0 Å². The van der Waals surface area contributed by atoms with Crippen LogP contribution in [0.1, 0.15) is 22.6 Å². The monoisotopic (exact) mass is 360 g/mol. The summed E-state index contributed by atoms with van der Waals surface area (Å²) in [6.07, 6.45) is 0.203. The van der Waals surface area contributed by atoms with E-state index in [1.807, 2.05) is 0 Å². The second-order valence-electron chi connectivity index (χ2n) is 6.18. The number of fused-ring (bicyclic) bond motifs is 4. The first kappa shape index (κ1) is 16.8. The highest BCUT2D eigenvalue weighted by atomic mass is 16.5. The fourth-order valence-corrected chi connectivity index (χ4v) is 3.37. The summed E-state index contributed by atoms with van der Waals surface area (Å²) in [6.45, 7) is 0.405. The number of carbonyl (C=O) groups excluding carboxylic acids is 1. The average Bonchev–Trinajstić information content (AvgIpc) is 2.81. The van der Waals surface area contributed by atoms with Gasteiger partial charge in [-0.25, -0.2) is 4.98 Å². The lowest BCUT2D eigenvalue weighted by Gasteiger charge is -2.19. The van der Waals surface area contributed by atoms with Crippen LogP contribution in [0.15, 0.2) is 47.3 Å². The molecular weight excluding hydrogens is 344 g/mol. The summed E-state index contributed by atoms with van der Waals surface area (Å²) in [7, 11) is 1.53. The Bertz CT molecular complexity index is 1160. The van der Waals surface area contributed by atoms with Gasteiger partial charge in [0.25, 0.3) is 11.5 Å². The number of para-hydroxylation sites is 2. The molecule has 4 rings (SSSR count). The van der Waals surface area contributed by atoms with Crippen molar-refractivity contribution in [2.24, 2.45) is 0 Å². The number of benzene rings is 2. The molecule has 1 aromatic heterocycles. The Morgan fingerprint density at radius 2 is 2.00 bits per heavy atom. The van der Waals surface area contributed by atoms with Gasteiger partial charge in [-0.1, -0.05) is 18.2 Å². The highest BCUT2D eigenvalue weighted by Gasteiger charge is 2.28. The largest absolute Gasteiger partial charge is 0.494 e. The second kappa shape index (κ2) is 6.57. The zero-order chi connectivity index (χ0) is 19.0. The summed E-state index contributed by atoms with van der Waals surface area (Å²) in [5.74, 6) is 0.718. The molecule has 0 atom stereocenters. The van der Waals surface area contributed by atoms with Crippen LogP contribution in [-0.2, 0) is 6.54 Å². The number of rotatable bonds is 3. The van der Waals surface area contributed by atoms with Crippen LogP contribution in [0.25, 0.3) is 16.6 Å². The molecule has 0 radical (unpaired) electrons. The summed E-state index contributed by atoms with van der Waals surface area (Å²) >= 11 is 0. The van der Waals surface area contributed by atoms with Crippen LogP contribution < -0.4 is 10.3 Å². The number of amides is 1. The third-order valence-corrected chi connectivity index (χ3v) is 4.64. The van der Waals surface area contributed by atoms with Crippen molar-refractivity contribution in [2.45, 2.75) is 13.0 Å². The number of carbonyl (C=O) groups is 1. The van der Waals surface area contributed by atoms with Gasteiger partial charge in [0, 0.05) is 6.54 Å². The SMILES string of the molecule is COc1cccc2c(=O)n3c(nc12)CN(CCC#N)C(=O)c1ccccc1-3. The van der Waals surface area contributed by atoms with Crippen LogP contribution in [-0.4, -0.2) is 34.0 Å². The molecule has 0 spiro atoms. The molecule has 3 aromatic rings. The van der Waals surface area contributed by atoms with E-state index < -0.39 is 0 Å². The van der Waals surface area contributed by atoms with E-state index in [4.69, 9.17) is 10.00 Å². The topological polar surface area (TPSA) is 88.2 Å². The standard InChI is InChI=1S/C20H16N4O3/c1-27-16-9-4-7-14-18(16)22-17-12-23(11-5-10-21)19(25)13-6-2-3-8-15(13)24(17)20(14)26/h2-4,6-9H,5,11-12H2,1H3. The lowest BCUT2D eigenvalue weighted by molar-refractivity contribution is 0.0748. The molecule has 0 fully saturated rings. The molecular formula is C20H16N4O3. The van der Waals surface area contributed by atoms with Gasteiger partial charge in [0.15, 0.2) is 0 Å². The third kappa shape index (κ3) is 2.62. The van der Waals surface area contributed by atoms with Crippen molar-refractivity contribution in [3.63, 3.8) is 0 Å². The predicted octanol–water partition coefficient (Wildman–Crippen LogP) is 2.26. The molecule has 0 saturated carbocycles. The first-order valence-electron chi connectivity index (χ1n) is 8.50. The second-order valence-corrected chi connectivity index (χ2v) is 6.18. The Morgan fingerprint density at radius 3 is 2.78 bits per heavy atom. The molecule has 1 aliphatic heterocycles. The highest BCUT2D eigenvalue weighted by Crippen LogP contribution is 2.26. The van der Waals surface area contributed by atoms with E-state index in [-0.39, 0.29) is 31.0 Å². The van der Waals surface area contributed by atoms with E-state index in [9.17, 15) is 9.59 Å². The minimum Gasteiger partial charge on any atom is -0.494 e. The Kier molecular flexibility index (Phi) is 4.09. The van der Waals surface area contributed by atoms with E-state index in [1.165, 1.54) is 11.7 Å². The maximum Gasteiger partial charge on any atom is 0.266 e. The van der Waals surface area contributed by atoms with Crippen LogP contribution in [0.2, 0.25) is 0 Å². The number of nitriles is 1. The summed E-state index contributed by atoms with van der Waals surface area (Å²) in [6, 6.07) is 14.2. The normalized spacial score (nSPS) is 12.9. The summed E-state index contributed by atoms with van der Waals surface area (Å²) in [5, 5.41) is 9.34. The van der Waals surface area contributed by atoms with E-state index >= 15 is 0 Å². The van der Waals surface area contributed by atoms with Gasteiger partial charge < -0.3 is 9.64 Å². The first-order chi connectivity index (χ1) is 13.2. The van der Waals surface area contributed by atoms with Crippen molar-refractivity contribution in [1.29, 1.82) is 5.26 Å². The first-order valence-corrected chi connectivity index (χ1v) is 8.50. The summed E-state index contributed by atoms with van der Waals surface area (Å²) < 4.78 is 6.84. The molecule has 1 amide bonds. The Morgan fingerprint density at radius 1 is 1.19 bits per heavy atom. The molecule has 7 nitrogen and oxygen atoms in total. The lowest BCUT2D eigenvalue weighted by Crippen LogP contribution is -2.31. The fraction of sp³-hybridized carbons (Fsp3) is 0.200. The van der Waals surface area contributed by atoms with Crippen molar-refractivity contribution >= 4 is 16.8 Å². The van der Waals surface area contributed by atoms with Crippen molar-refractivity contribution < 1.29 is 9.53 Å². The predicted molar refractivity (Wildman–Crippen MR) is 98.9 cm³/mol. The molecule has 27 heavy (non-hydrogen) atoms. The van der Waals surface area contributed by atoms with Gasteiger partial charge in [-0.2, -0.15) is 5.26 Å². The number of methoxy groups -OCH3 is 1. The molecule has 0 bridgehead atoms. The van der Waals surface area contributed by atoms with E-state index in [0.717, 1.165) is 0 Å². The smallest absolute Gasteiger partial charge is 0.266 e. The molecule has 0 unspecified atom stereocenters. The van der Waals surface area contributed by atoms with Gasteiger partial charge >= 0.3 is 0 Å². The number of hydrogen-bond donors (Lipinski definition) is 0. The maximum atomic E-state index is 13.3. The molecule has 2 heterocycles. The number of ether oxygens (including phenoxy) is 1. The number of hydrogen-bond acceptors (Lipinski definition) is 5. The van der Waals surface area contributed by atoms with Crippen molar-refractivity contribution in [3.05, 3.63) is 64.2 Å². The Labute approximate surface area is 155 Å². The molecule has 0 saturated heterocycles. The third-order valence-electron chi connectivity index (χ3n) is 4.64. The van der Waals surface area contributed by atoms with Crippen LogP contribution in [0.3, 0.4) is 0 Å². The van der Waals surface area contributed by atoms with Crippen LogP contribution in [0.5, 0.6) is 5.75 Å². The van der Waals surface area contributed by atoms with E-state index in [0.29, 0.717) is 33.7 Å². The van der Waals surface area contributed by atoms with Gasteiger partial charge in [-0.3, -0.25) is 14.2 Å². The van der Waals surface area contributed by atoms with Gasteiger partial charge in [0.1, 0.15) is 17.1 Å². The highest BCUT2D eigenvalue weighted by molar-refractivity contribution is 5.98. The van der Waals surface area contributed by atoms with E-state index in [2.05, 4.69) is 11.1 Å². The summed E-state index contributed by atoms with van der Waals surface area (Å²) in [4.78, 5) is 32.5. The lowest BCUT2D eigenvalue weighted by atomic mass is 10.1. The van der Waals surface area contributed by atoms with Gasteiger partial charge in [-0.15, -0.1) is 0 Å². The quantitative estimate of drug-likeness (QED) is 0.715. The molecule has 134 valence electrons. The minimum absolute atomic E-state index is 0.137. The summed E-state index contributed by atoms with van der Waals surface area (Å²) in [5.41, 5.74) is 1.12.